The van der Waals surface area contributed by atoms with E-state index in [0.717, 1.165) is 0 Å². The van der Waals surface area contributed by atoms with Gasteiger partial charge in [0, 0.05) is 5.56 Å². The van der Waals surface area contributed by atoms with Gasteiger partial charge in [0.15, 0.2) is 5.78 Å². The molecule has 2 aromatic carbocycles. The molecule has 0 saturated carbocycles. The van der Waals surface area contributed by atoms with Crippen molar-refractivity contribution in [2.24, 2.45) is 0 Å². The van der Waals surface area contributed by atoms with Gasteiger partial charge < -0.3 is 0 Å². The van der Waals surface area contributed by atoms with Crippen LogP contribution >= 0.6 is 0 Å². The van der Waals surface area contributed by atoms with E-state index in [4.69, 9.17) is 0 Å². The smallest absolute Gasteiger partial charge is 0.289 e. The quantitative estimate of drug-likeness (QED) is 0.251. The third kappa shape index (κ3) is 6.26. The summed E-state index contributed by atoms with van der Waals surface area (Å²) in [4.78, 5) is 12.1. The summed E-state index contributed by atoms with van der Waals surface area (Å²) in [6, 6.07) is 0.174. The summed E-state index contributed by atoms with van der Waals surface area (Å²) in [5.41, 5.74) is -9.00. The number of carbonyl (C=O) groups is 1. The highest BCUT2D eigenvalue weighted by Gasteiger charge is 2.38. The zero-order valence-electron chi connectivity index (χ0n) is 15.1. The lowest BCUT2D eigenvalue weighted by Gasteiger charge is -2.13. The van der Waals surface area contributed by atoms with Crippen LogP contribution in [0.15, 0.2) is 42.5 Å². The van der Waals surface area contributed by atoms with Crippen molar-refractivity contribution >= 4 is 11.9 Å². The SMILES string of the molecule is O=C(/C=C/c1cc(C(F)(F)F)cc(C(F)(F)F)c1)c1cc(C(F)(F)F)cc(C(F)(F)F)c1. The molecule has 0 aliphatic rings. The highest BCUT2D eigenvalue weighted by atomic mass is 19.4. The predicted octanol–water partition coefficient (Wildman–Crippen LogP) is 7.66. The normalized spacial score (nSPS) is 13.6. The van der Waals surface area contributed by atoms with Crippen molar-refractivity contribution in [1.29, 1.82) is 0 Å². The monoisotopic (exact) mass is 480 g/mol. The topological polar surface area (TPSA) is 17.1 Å². The molecule has 0 N–H and O–H groups in total. The first-order valence-corrected chi connectivity index (χ1v) is 8.10. The summed E-state index contributed by atoms with van der Waals surface area (Å²) in [5.74, 6) is -1.51. The van der Waals surface area contributed by atoms with Crippen molar-refractivity contribution in [3.05, 3.63) is 75.9 Å². The first-order valence-electron chi connectivity index (χ1n) is 8.10. The van der Waals surface area contributed by atoms with Crippen LogP contribution in [0.3, 0.4) is 0 Å². The van der Waals surface area contributed by atoms with Crippen molar-refractivity contribution in [3.63, 3.8) is 0 Å². The van der Waals surface area contributed by atoms with E-state index in [2.05, 4.69) is 0 Å². The molecule has 0 bridgehead atoms. The molecule has 32 heavy (non-hydrogen) atoms. The number of carbonyl (C=O) groups excluding carboxylic acids is 1. The van der Waals surface area contributed by atoms with Crippen LogP contribution in [0.4, 0.5) is 52.7 Å². The van der Waals surface area contributed by atoms with E-state index in [-0.39, 0.29) is 42.5 Å². The molecule has 0 radical (unpaired) electrons. The maximum atomic E-state index is 12.9. The third-order valence-electron chi connectivity index (χ3n) is 3.91. The zero-order valence-corrected chi connectivity index (χ0v) is 15.1. The Morgan fingerprint density at radius 3 is 1.16 bits per heavy atom. The number of allylic oxidation sites excluding steroid dienone is 1. The van der Waals surface area contributed by atoms with E-state index in [1.807, 2.05) is 0 Å². The van der Waals surface area contributed by atoms with Crippen molar-refractivity contribution in [3.8, 4) is 0 Å². The Morgan fingerprint density at radius 1 is 0.531 bits per heavy atom. The van der Waals surface area contributed by atoms with Crippen molar-refractivity contribution in [2.75, 3.05) is 0 Å². The van der Waals surface area contributed by atoms with E-state index in [9.17, 15) is 57.5 Å². The molecule has 1 nitrogen and oxygen atoms in total. The number of hydrogen-bond acceptors (Lipinski definition) is 1. The summed E-state index contributed by atoms with van der Waals surface area (Å²) in [6.07, 6.45) is -20.2. The standard InChI is InChI=1S/C19H8F12O/c20-16(21,22)11-3-9(4-12(7-11)17(23,24)25)1-2-15(32)10-5-13(18(26,27)28)8-14(6-10)19(29,30)31/h1-8H/b2-1+. The van der Waals surface area contributed by atoms with E-state index in [1.54, 1.807) is 0 Å². The summed E-state index contributed by atoms with van der Waals surface area (Å²) in [7, 11) is 0. The van der Waals surface area contributed by atoms with E-state index in [1.165, 1.54) is 0 Å². The lowest BCUT2D eigenvalue weighted by Crippen LogP contribution is -2.13. The molecule has 0 heterocycles. The maximum Gasteiger partial charge on any atom is 0.416 e. The molecule has 0 aliphatic heterocycles. The molecule has 0 aliphatic carbocycles. The Morgan fingerprint density at radius 2 is 0.844 bits per heavy atom. The maximum absolute atomic E-state index is 12.9. The molecule has 13 heteroatoms. The molecule has 0 atom stereocenters. The molecular formula is C19H8F12O. The van der Waals surface area contributed by atoms with Crippen LogP contribution < -0.4 is 0 Å². The third-order valence-corrected chi connectivity index (χ3v) is 3.91. The van der Waals surface area contributed by atoms with Gasteiger partial charge >= 0.3 is 24.7 Å². The summed E-state index contributed by atoms with van der Waals surface area (Å²) in [5, 5.41) is 0. The van der Waals surface area contributed by atoms with Gasteiger partial charge in [-0.25, -0.2) is 0 Å². The van der Waals surface area contributed by atoms with Gasteiger partial charge in [0.05, 0.1) is 22.3 Å². The lowest BCUT2D eigenvalue weighted by atomic mass is 10.0. The molecule has 0 aromatic heterocycles. The van der Waals surface area contributed by atoms with Gasteiger partial charge in [-0.15, -0.1) is 0 Å². The summed E-state index contributed by atoms with van der Waals surface area (Å²) >= 11 is 0. The van der Waals surface area contributed by atoms with Crippen LogP contribution in [0, 0.1) is 0 Å². The minimum absolute atomic E-state index is 0.0786. The molecule has 0 unspecified atom stereocenters. The highest BCUT2D eigenvalue weighted by Crippen LogP contribution is 2.38. The number of ketones is 1. The second-order valence-corrected chi connectivity index (χ2v) is 6.33. The molecular weight excluding hydrogens is 472 g/mol. The minimum atomic E-state index is -5.26. The molecule has 0 saturated heterocycles. The fourth-order valence-electron chi connectivity index (χ4n) is 2.44. The molecule has 0 fully saturated rings. The largest absolute Gasteiger partial charge is 0.416 e. The van der Waals surface area contributed by atoms with Gasteiger partial charge in [-0.3, -0.25) is 4.79 Å². The fourth-order valence-corrected chi connectivity index (χ4v) is 2.44. The van der Waals surface area contributed by atoms with Gasteiger partial charge in [0.1, 0.15) is 0 Å². The van der Waals surface area contributed by atoms with Gasteiger partial charge in [-0.1, -0.05) is 6.08 Å². The van der Waals surface area contributed by atoms with Crippen molar-refractivity contribution < 1.29 is 57.5 Å². The Balaban J connectivity index is 2.52. The van der Waals surface area contributed by atoms with Gasteiger partial charge in [0.25, 0.3) is 0 Å². The summed E-state index contributed by atoms with van der Waals surface area (Å²) in [6.45, 7) is 0. The zero-order chi connectivity index (χ0) is 24.7. The predicted molar refractivity (Wildman–Crippen MR) is 86.3 cm³/mol. The Bertz CT molecular complexity index is 972. The van der Waals surface area contributed by atoms with Gasteiger partial charge in [-0.05, 0) is 48.0 Å². The number of alkyl halides is 12. The second-order valence-electron chi connectivity index (χ2n) is 6.33. The first kappa shape index (κ1) is 25.3. The number of rotatable bonds is 3. The van der Waals surface area contributed by atoms with Crippen LogP contribution in [0.1, 0.15) is 38.2 Å². The van der Waals surface area contributed by atoms with Crippen LogP contribution in [-0.2, 0) is 24.7 Å². The van der Waals surface area contributed by atoms with E-state index < -0.39 is 63.9 Å². The Kier molecular flexibility index (Phi) is 6.45. The van der Waals surface area contributed by atoms with Crippen molar-refractivity contribution in [1.82, 2.24) is 0 Å². The number of benzene rings is 2. The van der Waals surface area contributed by atoms with Crippen LogP contribution in [0.2, 0.25) is 0 Å². The molecule has 2 aromatic rings. The van der Waals surface area contributed by atoms with Crippen LogP contribution in [0.25, 0.3) is 6.08 Å². The lowest BCUT2D eigenvalue weighted by molar-refractivity contribution is -0.144. The van der Waals surface area contributed by atoms with Crippen molar-refractivity contribution in [2.45, 2.75) is 24.7 Å². The summed E-state index contributed by atoms with van der Waals surface area (Å²) < 4.78 is 154. The molecule has 0 spiro atoms. The number of hydrogen-bond donors (Lipinski definition) is 0. The molecule has 2 rings (SSSR count). The second kappa shape index (κ2) is 8.17. The van der Waals surface area contributed by atoms with E-state index in [0.29, 0.717) is 6.08 Å². The minimum Gasteiger partial charge on any atom is -0.289 e. The Hall–Kier alpha value is -2.99. The van der Waals surface area contributed by atoms with E-state index >= 15 is 0 Å². The molecule has 0 amide bonds. The fraction of sp³-hybridized carbons (Fsp3) is 0.211. The van der Waals surface area contributed by atoms with Crippen LogP contribution in [0.5, 0.6) is 0 Å². The van der Waals surface area contributed by atoms with Crippen LogP contribution in [-0.4, -0.2) is 5.78 Å². The Labute approximate surface area is 171 Å². The average Bonchev–Trinajstić information content (AvgIpc) is 2.62. The first-order chi connectivity index (χ1) is 14.3. The van der Waals surface area contributed by atoms with Gasteiger partial charge in [-0.2, -0.15) is 52.7 Å². The average molecular weight is 480 g/mol. The number of halogens is 12. The molecule has 174 valence electrons. The highest BCUT2D eigenvalue weighted by molar-refractivity contribution is 6.07. The van der Waals surface area contributed by atoms with Gasteiger partial charge in [0.2, 0.25) is 0 Å².